The van der Waals surface area contributed by atoms with Crippen LogP contribution in [-0.2, 0) is 0 Å². The van der Waals surface area contributed by atoms with Crippen LogP contribution in [0, 0.1) is 18.3 Å². The van der Waals surface area contributed by atoms with E-state index in [2.05, 4.69) is 15.3 Å². The Morgan fingerprint density at radius 3 is 2.61 bits per heavy atom. The van der Waals surface area contributed by atoms with E-state index < -0.39 is 0 Å². The second-order valence-corrected chi connectivity index (χ2v) is 3.69. The third-order valence-electron chi connectivity index (χ3n) is 2.31. The number of rotatable bonds is 2. The fourth-order valence-electron chi connectivity index (χ4n) is 1.40. The summed E-state index contributed by atoms with van der Waals surface area (Å²) >= 11 is 0. The van der Waals surface area contributed by atoms with Gasteiger partial charge in [0, 0.05) is 11.4 Å². The van der Waals surface area contributed by atoms with Crippen LogP contribution in [0.3, 0.4) is 0 Å². The molecule has 0 unspecified atom stereocenters. The van der Waals surface area contributed by atoms with E-state index in [1.54, 1.807) is 37.3 Å². The van der Waals surface area contributed by atoms with Crippen LogP contribution in [0.5, 0.6) is 0 Å². The maximum absolute atomic E-state index is 11.9. The second kappa shape index (κ2) is 5.06. The van der Waals surface area contributed by atoms with Crippen molar-refractivity contribution in [3.8, 4) is 6.07 Å². The predicted molar refractivity (Wildman–Crippen MR) is 65.9 cm³/mol. The van der Waals surface area contributed by atoms with Gasteiger partial charge in [0.15, 0.2) is 0 Å². The number of amides is 1. The smallest absolute Gasteiger partial charge is 0.274 e. The number of carbonyl (C=O) groups excluding carboxylic acids is 1. The molecule has 0 saturated heterocycles. The van der Waals surface area contributed by atoms with Crippen LogP contribution in [0.25, 0.3) is 0 Å². The highest BCUT2D eigenvalue weighted by Crippen LogP contribution is 2.10. The molecule has 1 N–H and O–H groups in total. The minimum atomic E-state index is -0.301. The Balaban J connectivity index is 2.14. The van der Waals surface area contributed by atoms with Gasteiger partial charge in [-0.25, -0.2) is 9.97 Å². The maximum atomic E-state index is 11.9. The van der Waals surface area contributed by atoms with Crippen LogP contribution in [-0.4, -0.2) is 15.9 Å². The Bertz CT molecular complexity index is 614. The second-order valence-electron chi connectivity index (χ2n) is 3.69. The van der Waals surface area contributed by atoms with Crippen molar-refractivity contribution in [2.45, 2.75) is 6.92 Å². The van der Waals surface area contributed by atoms with Crippen molar-refractivity contribution in [3.63, 3.8) is 0 Å². The minimum Gasteiger partial charge on any atom is -0.321 e. The van der Waals surface area contributed by atoms with Crippen LogP contribution in [0.2, 0.25) is 0 Å². The number of benzene rings is 1. The zero-order chi connectivity index (χ0) is 13.0. The van der Waals surface area contributed by atoms with E-state index in [4.69, 9.17) is 5.26 Å². The number of nitrogens with zero attached hydrogens (tertiary/aromatic N) is 3. The van der Waals surface area contributed by atoms with E-state index >= 15 is 0 Å². The minimum absolute atomic E-state index is 0.301. The van der Waals surface area contributed by atoms with Crippen LogP contribution in [0.15, 0.2) is 36.7 Å². The largest absolute Gasteiger partial charge is 0.321 e. The van der Waals surface area contributed by atoms with Crippen molar-refractivity contribution in [2.75, 3.05) is 5.32 Å². The Labute approximate surface area is 104 Å². The Morgan fingerprint density at radius 2 is 2.00 bits per heavy atom. The summed E-state index contributed by atoms with van der Waals surface area (Å²) in [6.45, 7) is 1.79. The number of nitrogens with one attached hydrogen (secondary N) is 1. The van der Waals surface area contributed by atoms with E-state index in [9.17, 15) is 4.79 Å². The molecule has 18 heavy (non-hydrogen) atoms. The van der Waals surface area contributed by atoms with Crippen molar-refractivity contribution < 1.29 is 4.79 Å². The standard InChI is InChI=1S/C13H10N4O/c1-9-6-12(16-8-15-9)13(18)17-11-4-2-10(7-14)3-5-11/h2-6,8H,1H3,(H,17,18). The van der Waals surface area contributed by atoms with Gasteiger partial charge in [0.05, 0.1) is 11.6 Å². The molecule has 1 aromatic carbocycles. The highest BCUT2D eigenvalue weighted by Gasteiger charge is 2.07. The molecular weight excluding hydrogens is 228 g/mol. The molecule has 0 aliphatic rings. The molecule has 0 aliphatic carbocycles. The summed E-state index contributed by atoms with van der Waals surface area (Å²) in [6.07, 6.45) is 1.35. The lowest BCUT2D eigenvalue weighted by atomic mass is 10.2. The van der Waals surface area contributed by atoms with Gasteiger partial charge in [-0.3, -0.25) is 4.79 Å². The molecule has 0 atom stereocenters. The summed E-state index contributed by atoms with van der Waals surface area (Å²) in [5, 5.41) is 11.4. The molecule has 2 aromatic rings. The first-order valence-electron chi connectivity index (χ1n) is 5.29. The molecule has 0 aliphatic heterocycles. The Morgan fingerprint density at radius 1 is 1.28 bits per heavy atom. The van der Waals surface area contributed by atoms with Gasteiger partial charge in [-0.05, 0) is 37.3 Å². The van der Waals surface area contributed by atoms with E-state index in [1.807, 2.05) is 6.07 Å². The molecule has 5 heteroatoms. The number of hydrogen-bond donors (Lipinski definition) is 1. The molecule has 1 aromatic heterocycles. The lowest BCUT2D eigenvalue weighted by molar-refractivity contribution is 0.102. The normalized spacial score (nSPS) is 9.56. The predicted octanol–water partition coefficient (Wildman–Crippen LogP) is 1.91. The molecule has 0 fully saturated rings. The number of anilines is 1. The lowest BCUT2D eigenvalue weighted by Crippen LogP contribution is -2.14. The molecule has 5 nitrogen and oxygen atoms in total. The third-order valence-corrected chi connectivity index (χ3v) is 2.31. The van der Waals surface area contributed by atoms with Crippen LogP contribution in [0.1, 0.15) is 21.7 Å². The number of carbonyl (C=O) groups is 1. The molecule has 88 valence electrons. The monoisotopic (exact) mass is 238 g/mol. The van der Waals surface area contributed by atoms with E-state index in [-0.39, 0.29) is 5.91 Å². The highest BCUT2D eigenvalue weighted by molar-refractivity contribution is 6.02. The number of aryl methyl sites for hydroxylation is 1. The Hall–Kier alpha value is -2.74. The number of aromatic nitrogens is 2. The lowest BCUT2D eigenvalue weighted by Gasteiger charge is -2.04. The summed E-state index contributed by atoms with van der Waals surface area (Å²) in [7, 11) is 0. The van der Waals surface area contributed by atoms with Gasteiger partial charge >= 0.3 is 0 Å². The molecule has 0 bridgehead atoms. The third kappa shape index (κ3) is 2.68. The van der Waals surface area contributed by atoms with Gasteiger partial charge < -0.3 is 5.32 Å². The van der Waals surface area contributed by atoms with E-state index in [0.717, 1.165) is 5.69 Å². The molecular formula is C13H10N4O. The number of hydrogen-bond acceptors (Lipinski definition) is 4. The first-order valence-corrected chi connectivity index (χ1v) is 5.29. The van der Waals surface area contributed by atoms with Crippen molar-refractivity contribution in [1.29, 1.82) is 5.26 Å². The van der Waals surface area contributed by atoms with Crippen molar-refractivity contribution in [1.82, 2.24) is 9.97 Å². The van der Waals surface area contributed by atoms with Crippen LogP contribution >= 0.6 is 0 Å². The molecule has 0 radical (unpaired) electrons. The zero-order valence-corrected chi connectivity index (χ0v) is 9.71. The average Bonchev–Trinajstić information content (AvgIpc) is 2.39. The van der Waals surface area contributed by atoms with Gasteiger partial charge in [-0.1, -0.05) is 0 Å². The quantitative estimate of drug-likeness (QED) is 0.866. The fraction of sp³-hybridized carbons (Fsp3) is 0.0769. The maximum Gasteiger partial charge on any atom is 0.274 e. The SMILES string of the molecule is Cc1cc(C(=O)Nc2ccc(C#N)cc2)ncn1. The van der Waals surface area contributed by atoms with Crippen LogP contribution < -0.4 is 5.32 Å². The average molecular weight is 238 g/mol. The topological polar surface area (TPSA) is 78.7 Å². The van der Waals surface area contributed by atoms with E-state index in [0.29, 0.717) is 16.9 Å². The summed E-state index contributed by atoms with van der Waals surface area (Å²) in [5.41, 5.74) is 2.21. The van der Waals surface area contributed by atoms with Crippen molar-refractivity contribution in [2.24, 2.45) is 0 Å². The van der Waals surface area contributed by atoms with Crippen molar-refractivity contribution >= 4 is 11.6 Å². The molecule has 0 saturated carbocycles. The van der Waals surface area contributed by atoms with E-state index in [1.165, 1.54) is 6.33 Å². The Kier molecular flexibility index (Phi) is 3.30. The van der Waals surface area contributed by atoms with Gasteiger partial charge in [0.1, 0.15) is 12.0 Å². The van der Waals surface area contributed by atoms with Crippen molar-refractivity contribution in [3.05, 3.63) is 53.6 Å². The molecule has 0 spiro atoms. The first-order chi connectivity index (χ1) is 8.69. The van der Waals surface area contributed by atoms with Gasteiger partial charge in [0.25, 0.3) is 5.91 Å². The molecule has 1 heterocycles. The molecule has 1 amide bonds. The van der Waals surface area contributed by atoms with Crippen LogP contribution in [0.4, 0.5) is 5.69 Å². The van der Waals surface area contributed by atoms with Gasteiger partial charge in [-0.15, -0.1) is 0 Å². The highest BCUT2D eigenvalue weighted by atomic mass is 16.1. The molecule has 2 rings (SSSR count). The number of nitriles is 1. The fourth-order valence-corrected chi connectivity index (χ4v) is 1.40. The summed E-state index contributed by atoms with van der Waals surface area (Å²) in [6, 6.07) is 10.2. The summed E-state index contributed by atoms with van der Waals surface area (Å²) in [5.74, 6) is -0.301. The summed E-state index contributed by atoms with van der Waals surface area (Å²) < 4.78 is 0. The summed E-state index contributed by atoms with van der Waals surface area (Å²) in [4.78, 5) is 19.7. The first kappa shape index (κ1) is 11.7. The van der Waals surface area contributed by atoms with Gasteiger partial charge in [0.2, 0.25) is 0 Å². The zero-order valence-electron chi connectivity index (χ0n) is 9.71. The van der Waals surface area contributed by atoms with Gasteiger partial charge in [-0.2, -0.15) is 5.26 Å².